The first-order chi connectivity index (χ1) is 11.3. The van der Waals surface area contributed by atoms with Crippen molar-refractivity contribution in [2.75, 3.05) is 13.7 Å². The number of amides is 1. The van der Waals surface area contributed by atoms with Gasteiger partial charge >= 0.3 is 12.1 Å². The van der Waals surface area contributed by atoms with Crippen molar-refractivity contribution in [1.29, 1.82) is 0 Å². The fourth-order valence-electron chi connectivity index (χ4n) is 2.43. The van der Waals surface area contributed by atoms with Gasteiger partial charge in [0.25, 0.3) is 0 Å². The average Bonchev–Trinajstić information content (AvgIpc) is 2.44. The number of methoxy groups -OCH3 is 1. The van der Waals surface area contributed by atoms with Crippen molar-refractivity contribution in [3.05, 3.63) is 41.7 Å². The highest BCUT2D eigenvalue weighted by Gasteiger charge is 2.36. The van der Waals surface area contributed by atoms with Crippen LogP contribution in [-0.4, -0.2) is 41.2 Å². The van der Waals surface area contributed by atoms with Gasteiger partial charge in [0.1, 0.15) is 5.60 Å². The molecule has 1 aromatic heterocycles. The Morgan fingerprint density at radius 1 is 1.38 bits per heavy atom. The van der Waals surface area contributed by atoms with Crippen molar-refractivity contribution in [3.63, 3.8) is 0 Å². The molecule has 1 atom stereocenters. The van der Waals surface area contributed by atoms with E-state index in [-0.39, 0.29) is 18.1 Å². The summed E-state index contributed by atoms with van der Waals surface area (Å²) in [5, 5.41) is 0. The van der Waals surface area contributed by atoms with Gasteiger partial charge in [-0.05, 0) is 44.7 Å². The van der Waals surface area contributed by atoms with Crippen LogP contribution in [0.15, 0.2) is 30.6 Å². The number of hydrogen-bond acceptors (Lipinski definition) is 5. The number of allylic oxidation sites excluding steroid dienone is 1. The highest BCUT2D eigenvalue weighted by atomic mass is 16.6. The van der Waals surface area contributed by atoms with E-state index in [1.807, 2.05) is 26.8 Å². The first kappa shape index (κ1) is 18.0. The summed E-state index contributed by atoms with van der Waals surface area (Å²) in [6, 6.07) is 2.01. The number of esters is 1. The highest BCUT2D eigenvalue weighted by molar-refractivity contribution is 5.81. The molecule has 6 nitrogen and oxygen atoms in total. The van der Waals surface area contributed by atoms with Crippen molar-refractivity contribution >= 4 is 12.1 Å². The molecule has 1 aromatic rings. The molecule has 1 aliphatic heterocycles. The summed E-state index contributed by atoms with van der Waals surface area (Å²) >= 11 is 0. The predicted octanol–water partition coefficient (Wildman–Crippen LogP) is 3.04. The molecule has 0 unspecified atom stereocenters. The number of rotatable bonds is 4. The lowest BCUT2D eigenvalue weighted by atomic mass is 9.95. The molecule has 0 saturated carbocycles. The quantitative estimate of drug-likeness (QED) is 0.626. The highest BCUT2D eigenvalue weighted by Crippen LogP contribution is 2.34. The van der Waals surface area contributed by atoms with Crippen LogP contribution >= 0.6 is 0 Å². The molecule has 0 bridgehead atoms. The lowest BCUT2D eigenvalue weighted by Gasteiger charge is -2.41. The van der Waals surface area contributed by atoms with Crippen molar-refractivity contribution in [2.24, 2.45) is 0 Å². The topological polar surface area (TPSA) is 68.7 Å². The zero-order valence-corrected chi connectivity index (χ0v) is 14.6. The number of ether oxygens (including phenoxy) is 2. The third-order valence-electron chi connectivity index (χ3n) is 3.66. The van der Waals surface area contributed by atoms with Gasteiger partial charge in [0.15, 0.2) is 0 Å². The van der Waals surface area contributed by atoms with Crippen LogP contribution in [0, 0.1) is 0 Å². The predicted molar refractivity (Wildman–Crippen MR) is 89.4 cm³/mol. The van der Waals surface area contributed by atoms with Crippen molar-refractivity contribution in [2.45, 2.75) is 45.3 Å². The number of pyridine rings is 1. The van der Waals surface area contributed by atoms with Gasteiger partial charge in [0.2, 0.25) is 0 Å². The first-order valence-corrected chi connectivity index (χ1v) is 7.98. The van der Waals surface area contributed by atoms with Gasteiger partial charge in [-0.15, -0.1) is 0 Å². The molecule has 2 rings (SSSR count). The molecule has 1 amide bonds. The number of aromatic nitrogens is 1. The first-order valence-electron chi connectivity index (χ1n) is 7.98. The Morgan fingerprint density at radius 3 is 2.71 bits per heavy atom. The molecular formula is C18H24N2O4. The maximum atomic E-state index is 12.2. The smallest absolute Gasteiger partial charge is 0.410 e. The van der Waals surface area contributed by atoms with E-state index in [0.717, 1.165) is 17.5 Å². The molecule has 1 saturated heterocycles. The molecule has 0 aliphatic carbocycles. The zero-order valence-electron chi connectivity index (χ0n) is 14.6. The monoisotopic (exact) mass is 332 g/mol. The van der Waals surface area contributed by atoms with Crippen LogP contribution in [-0.2, 0) is 20.7 Å². The Hall–Kier alpha value is -2.37. The summed E-state index contributed by atoms with van der Waals surface area (Å²) < 4.78 is 9.99. The van der Waals surface area contributed by atoms with E-state index in [1.165, 1.54) is 13.2 Å². The molecule has 1 aliphatic rings. The van der Waals surface area contributed by atoms with E-state index in [1.54, 1.807) is 23.4 Å². The van der Waals surface area contributed by atoms with Crippen LogP contribution in [0.3, 0.4) is 0 Å². The van der Waals surface area contributed by atoms with Crippen LogP contribution in [0.5, 0.6) is 0 Å². The number of likely N-dealkylation sites (tertiary alicyclic amines) is 1. The van der Waals surface area contributed by atoms with E-state index >= 15 is 0 Å². The standard InChI is InChI=1S/C18H24N2O4/c1-18(2,3)24-17(22)20-9-8-15(20)14-10-13(11-19-12-14)6-5-7-16(21)23-4/h5,7,10-12,15H,6,8-9H2,1-4H3/t15-/m0/s1. The Balaban J connectivity index is 2.02. The van der Waals surface area contributed by atoms with E-state index < -0.39 is 5.60 Å². The second-order valence-electron chi connectivity index (χ2n) is 6.73. The Morgan fingerprint density at radius 2 is 2.12 bits per heavy atom. The van der Waals surface area contributed by atoms with Crippen LogP contribution in [0.1, 0.15) is 44.4 Å². The fraction of sp³-hybridized carbons (Fsp3) is 0.500. The van der Waals surface area contributed by atoms with Gasteiger partial charge in [0.05, 0.1) is 13.2 Å². The minimum Gasteiger partial charge on any atom is -0.466 e. The van der Waals surface area contributed by atoms with Gasteiger partial charge in [-0.1, -0.05) is 12.1 Å². The fourth-order valence-corrected chi connectivity index (χ4v) is 2.43. The summed E-state index contributed by atoms with van der Waals surface area (Å²) in [5.74, 6) is -0.380. The maximum Gasteiger partial charge on any atom is 0.410 e. The molecule has 0 radical (unpaired) electrons. The van der Waals surface area contributed by atoms with Crippen LogP contribution in [0.4, 0.5) is 4.79 Å². The number of carbonyl (C=O) groups excluding carboxylic acids is 2. The molecule has 6 heteroatoms. The van der Waals surface area contributed by atoms with Gasteiger partial charge in [-0.25, -0.2) is 9.59 Å². The minimum atomic E-state index is -0.504. The van der Waals surface area contributed by atoms with Gasteiger partial charge in [0, 0.05) is 25.0 Å². The zero-order chi connectivity index (χ0) is 17.7. The second-order valence-corrected chi connectivity index (χ2v) is 6.73. The normalized spacial score (nSPS) is 17.5. The van der Waals surface area contributed by atoms with Gasteiger partial charge in [-0.3, -0.25) is 4.98 Å². The lowest BCUT2D eigenvalue weighted by Crippen LogP contribution is -2.47. The number of hydrogen-bond donors (Lipinski definition) is 0. The third-order valence-corrected chi connectivity index (χ3v) is 3.66. The van der Waals surface area contributed by atoms with Crippen molar-refractivity contribution < 1.29 is 19.1 Å². The number of nitrogens with zero attached hydrogens (tertiary/aromatic N) is 2. The van der Waals surface area contributed by atoms with E-state index in [9.17, 15) is 9.59 Å². The summed E-state index contributed by atoms with van der Waals surface area (Å²) in [4.78, 5) is 29.3. The Labute approximate surface area is 142 Å². The van der Waals surface area contributed by atoms with Crippen LogP contribution < -0.4 is 0 Å². The Bertz CT molecular complexity index is 634. The minimum absolute atomic E-state index is 0.00288. The summed E-state index contributed by atoms with van der Waals surface area (Å²) in [6.07, 6.45) is 7.82. The number of carbonyl (C=O) groups is 2. The molecule has 2 heterocycles. The maximum absolute atomic E-state index is 12.2. The van der Waals surface area contributed by atoms with E-state index in [2.05, 4.69) is 9.72 Å². The summed E-state index contributed by atoms with van der Waals surface area (Å²) in [7, 11) is 1.34. The van der Waals surface area contributed by atoms with Crippen LogP contribution in [0.2, 0.25) is 0 Å². The van der Waals surface area contributed by atoms with Crippen LogP contribution in [0.25, 0.3) is 0 Å². The molecule has 24 heavy (non-hydrogen) atoms. The summed E-state index contributed by atoms with van der Waals surface area (Å²) in [5.41, 5.74) is 1.45. The van der Waals surface area contributed by atoms with Gasteiger partial charge < -0.3 is 14.4 Å². The Kier molecular flexibility index (Phi) is 5.59. The SMILES string of the molecule is COC(=O)C=CCc1cncc([C@@H]2CCN2C(=O)OC(C)(C)C)c1. The lowest BCUT2D eigenvalue weighted by molar-refractivity contribution is -0.134. The van der Waals surface area contributed by atoms with E-state index in [4.69, 9.17) is 4.74 Å². The third kappa shape index (κ3) is 4.81. The molecule has 0 N–H and O–H groups in total. The molecule has 130 valence electrons. The molecule has 1 fully saturated rings. The molecular weight excluding hydrogens is 308 g/mol. The van der Waals surface area contributed by atoms with E-state index in [0.29, 0.717) is 13.0 Å². The largest absolute Gasteiger partial charge is 0.466 e. The second kappa shape index (κ2) is 7.47. The molecule has 0 spiro atoms. The average molecular weight is 332 g/mol. The van der Waals surface area contributed by atoms with Crippen molar-refractivity contribution in [1.82, 2.24) is 9.88 Å². The summed E-state index contributed by atoms with van der Waals surface area (Å²) in [6.45, 7) is 6.26. The molecule has 0 aromatic carbocycles. The van der Waals surface area contributed by atoms with Crippen molar-refractivity contribution in [3.8, 4) is 0 Å². The van der Waals surface area contributed by atoms with Gasteiger partial charge in [-0.2, -0.15) is 0 Å².